The van der Waals surface area contributed by atoms with Gasteiger partial charge in [0, 0.05) is 5.69 Å². The van der Waals surface area contributed by atoms with Crippen molar-refractivity contribution in [3.05, 3.63) is 29.8 Å². The van der Waals surface area contributed by atoms with Crippen LogP contribution < -0.4 is 11.1 Å². The van der Waals surface area contributed by atoms with Crippen molar-refractivity contribution in [1.82, 2.24) is 0 Å². The number of rotatable bonds is 4. The molecule has 1 aromatic carbocycles. The lowest BCUT2D eigenvalue weighted by atomic mass is 10.1. The molecule has 0 unspecified atom stereocenters. The van der Waals surface area contributed by atoms with Gasteiger partial charge in [-0.2, -0.15) is 0 Å². The lowest BCUT2D eigenvalue weighted by Crippen LogP contribution is -2.21. The number of nitrogens with one attached hydrogen (secondary N) is 1. The van der Waals surface area contributed by atoms with Crippen LogP contribution in [0.2, 0.25) is 0 Å². The zero-order chi connectivity index (χ0) is 13.6. The lowest BCUT2D eigenvalue weighted by molar-refractivity contribution is 0.164. The topological polar surface area (TPSA) is 64.3 Å². The summed E-state index contributed by atoms with van der Waals surface area (Å²) in [4.78, 5) is 11.3. The molecule has 100 valence electrons. The highest BCUT2D eigenvalue weighted by Gasteiger charge is 2.22. The molecule has 0 aromatic heterocycles. The van der Waals surface area contributed by atoms with Gasteiger partial charge in [-0.3, -0.25) is 5.32 Å². The predicted octanol–water partition coefficient (Wildman–Crippen LogP) is 3.11. The van der Waals surface area contributed by atoms with E-state index in [9.17, 15) is 4.79 Å². The molecule has 0 saturated carbocycles. The summed E-state index contributed by atoms with van der Waals surface area (Å²) in [7, 11) is 0. The number of halogens is 3. The molecule has 0 aliphatic rings. The molecule has 0 aliphatic heterocycles. The quantitative estimate of drug-likeness (QED) is 0.840. The Bertz CT molecular complexity index is 390. The van der Waals surface area contributed by atoms with Crippen molar-refractivity contribution in [3.63, 3.8) is 0 Å². The minimum atomic E-state index is -1.61. The highest BCUT2D eigenvalue weighted by atomic mass is 35.6. The van der Waals surface area contributed by atoms with Gasteiger partial charge in [0.2, 0.25) is 3.79 Å². The van der Waals surface area contributed by atoms with E-state index >= 15 is 0 Å². The Morgan fingerprint density at radius 3 is 2.39 bits per heavy atom. The molecule has 0 heterocycles. The second-order valence-corrected chi connectivity index (χ2v) is 6.07. The Morgan fingerprint density at radius 2 is 1.89 bits per heavy atom. The van der Waals surface area contributed by atoms with Crippen LogP contribution in [0.15, 0.2) is 24.3 Å². The van der Waals surface area contributed by atoms with E-state index in [1.54, 1.807) is 12.1 Å². The Labute approximate surface area is 120 Å². The van der Waals surface area contributed by atoms with Crippen LogP contribution in [0.5, 0.6) is 0 Å². The average Bonchev–Trinajstić information content (AvgIpc) is 2.29. The number of amides is 1. The third-order valence-electron chi connectivity index (χ3n) is 2.00. The molecular formula is C11H13Cl3N2O2. The summed E-state index contributed by atoms with van der Waals surface area (Å²) < 4.78 is 3.11. The van der Waals surface area contributed by atoms with E-state index in [1.807, 2.05) is 12.1 Å². The summed E-state index contributed by atoms with van der Waals surface area (Å²) in [5, 5.41) is 2.52. The number of carbonyl (C=O) groups is 1. The largest absolute Gasteiger partial charge is 0.445 e. The number of hydrogen-bond acceptors (Lipinski definition) is 3. The molecule has 0 fully saturated rings. The second kappa shape index (κ2) is 7.04. The van der Waals surface area contributed by atoms with Gasteiger partial charge in [0.05, 0.1) is 0 Å². The van der Waals surface area contributed by atoms with Crippen molar-refractivity contribution in [3.8, 4) is 0 Å². The first-order valence-electron chi connectivity index (χ1n) is 5.20. The number of alkyl halides is 3. The van der Waals surface area contributed by atoms with Gasteiger partial charge in [-0.25, -0.2) is 4.79 Å². The Kier molecular flexibility index (Phi) is 6.02. The van der Waals surface area contributed by atoms with E-state index in [1.165, 1.54) is 0 Å². The van der Waals surface area contributed by atoms with Crippen LogP contribution in [0.3, 0.4) is 0 Å². The summed E-state index contributed by atoms with van der Waals surface area (Å²) in [5.41, 5.74) is 7.13. The summed E-state index contributed by atoms with van der Waals surface area (Å²) in [5.74, 6) is 0. The maximum Gasteiger partial charge on any atom is 0.411 e. The van der Waals surface area contributed by atoms with Crippen LogP contribution in [-0.4, -0.2) is 23.0 Å². The fourth-order valence-electron chi connectivity index (χ4n) is 1.22. The lowest BCUT2D eigenvalue weighted by Gasteiger charge is -2.12. The molecule has 4 nitrogen and oxygen atoms in total. The minimum Gasteiger partial charge on any atom is -0.445 e. The first-order valence-corrected chi connectivity index (χ1v) is 6.33. The van der Waals surface area contributed by atoms with Gasteiger partial charge in [-0.15, -0.1) is 0 Å². The Balaban J connectivity index is 2.44. The Morgan fingerprint density at radius 1 is 1.28 bits per heavy atom. The number of ether oxygens (including phenoxy) is 1. The van der Waals surface area contributed by atoms with Gasteiger partial charge < -0.3 is 10.5 Å². The first kappa shape index (κ1) is 15.4. The van der Waals surface area contributed by atoms with E-state index in [2.05, 4.69) is 5.32 Å². The number of anilines is 1. The SMILES string of the molecule is NCCc1ccc(NC(=O)OCC(Cl)(Cl)Cl)cc1. The van der Waals surface area contributed by atoms with Crippen molar-refractivity contribution in [2.45, 2.75) is 10.2 Å². The molecule has 3 N–H and O–H groups in total. The van der Waals surface area contributed by atoms with Crippen LogP contribution in [-0.2, 0) is 11.2 Å². The second-order valence-electron chi connectivity index (χ2n) is 3.55. The minimum absolute atomic E-state index is 0.311. The maximum atomic E-state index is 11.3. The molecule has 18 heavy (non-hydrogen) atoms. The summed E-state index contributed by atoms with van der Waals surface area (Å²) in [6, 6.07) is 7.25. The van der Waals surface area contributed by atoms with Crippen LogP contribution in [0.1, 0.15) is 5.56 Å². The molecular weight excluding hydrogens is 298 g/mol. The zero-order valence-electron chi connectivity index (χ0n) is 9.46. The van der Waals surface area contributed by atoms with E-state index in [-0.39, 0.29) is 6.61 Å². The van der Waals surface area contributed by atoms with Crippen molar-refractivity contribution in [1.29, 1.82) is 0 Å². The van der Waals surface area contributed by atoms with Crippen LogP contribution in [0.4, 0.5) is 10.5 Å². The van der Waals surface area contributed by atoms with E-state index in [0.717, 1.165) is 12.0 Å². The summed E-state index contributed by atoms with van der Waals surface area (Å²) in [6.45, 7) is 0.271. The molecule has 0 spiro atoms. The van der Waals surface area contributed by atoms with E-state index in [4.69, 9.17) is 45.3 Å². The summed E-state index contributed by atoms with van der Waals surface area (Å²) in [6.07, 6.45) is 0.116. The van der Waals surface area contributed by atoms with Gasteiger partial charge >= 0.3 is 6.09 Å². The zero-order valence-corrected chi connectivity index (χ0v) is 11.7. The van der Waals surface area contributed by atoms with Gasteiger partial charge in [0.15, 0.2) is 0 Å². The van der Waals surface area contributed by atoms with Crippen molar-refractivity contribution in [2.24, 2.45) is 5.73 Å². The number of nitrogens with two attached hydrogens (primary N) is 1. The van der Waals surface area contributed by atoms with Gasteiger partial charge in [0.25, 0.3) is 0 Å². The average molecular weight is 312 g/mol. The summed E-state index contributed by atoms with van der Waals surface area (Å²) >= 11 is 16.3. The molecule has 0 aliphatic carbocycles. The normalized spacial score (nSPS) is 11.1. The number of carbonyl (C=O) groups excluding carboxylic acids is 1. The van der Waals surface area contributed by atoms with Gasteiger partial charge in [-0.05, 0) is 30.7 Å². The number of benzene rings is 1. The molecule has 7 heteroatoms. The van der Waals surface area contributed by atoms with Gasteiger partial charge in [0.1, 0.15) is 6.61 Å². The molecule has 0 radical (unpaired) electrons. The fraction of sp³-hybridized carbons (Fsp3) is 0.364. The van der Waals surface area contributed by atoms with Crippen molar-refractivity contribution >= 4 is 46.6 Å². The molecule has 1 aromatic rings. The molecule has 0 saturated heterocycles. The standard InChI is InChI=1S/C11H13Cl3N2O2/c12-11(13,14)7-18-10(17)16-9-3-1-8(2-4-9)5-6-15/h1-4H,5-7,15H2,(H,16,17). The number of hydrogen-bond donors (Lipinski definition) is 2. The third kappa shape index (κ3) is 6.31. The predicted molar refractivity (Wildman–Crippen MR) is 74.5 cm³/mol. The smallest absolute Gasteiger partial charge is 0.411 e. The Hall–Kier alpha value is -0.680. The highest BCUT2D eigenvalue weighted by Crippen LogP contribution is 2.26. The fourth-order valence-corrected chi connectivity index (χ4v) is 1.39. The first-order chi connectivity index (χ1) is 8.40. The van der Waals surface area contributed by atoms with Crippen LogP contribution >= 0.6 is 34.8 Å². The van der Waals surface area contributed by atoms with Gasteiger partial charge in [-0.1, -0.05) is 46.9 Å². The molecule has 1 amide bonds. The van der Waals surface area contributed by atoms with Crippen molar-refractivity contribution < 1.29 is 9.53 Å². The van der Waals surface area contributed by atoms with Crippen molar-refractivity contribution in [2.75, 3.05) is 18.5 Å². The maximum absolute atomic E-state index is 11.3. The molecule has 1 rings (SSSR count). The monoisotopic (exact) mass is 310 g/mol. The van der Waals surface area contributed by atoms with E-state index in [0.29, 0.717) is 12.2 Å². The third-order valence-corrected chi connectivity index (χ3v) is 2.33. The highest BCUT2D eigenvalue weighted by molar-refractivity contribution is 6.67. The van der Waals surface area contributed by atoms with E-state index < -0.39 is 9.89 Å². The molecule has 0 atom stereocenters. The molecule has 0 bridgehead atoms. The van der Waals surface area contributed by atoms with Crippen LogP contribution in [0, 0.1) is 0 Å². The van der Waals surface area contributed by atoms with Crippen LogP contribution in [0.25, 0.3) is 0 Å².